The van der Waals surface area contributed by atoms with Crippen molar-refractivity contribution in [3.63, 3.8) is 0 Å². The molecule has 1 aliphatic rings. The van der Waals surface area contributed by atoms with Crippen molar-refractivity contribution in [2.75, 3.05) is 13.1 Å². The minimum absolute atomic E-state index is 0.0425. The van der Waals surface area contributed by atoms with E-state index in [9.17, 15) is 14.9 Å². The number of nitro groups is 1. The van der Waals surface area contributed by atoms with E-state index < -0.39 is 4.92 Å². The molecule has 6 heteroatoms. The highest BCUT2D eigenvalue weighted by atomic mass is 16.6. The molecule has 2 atom stereocenters. The van der Waals surface area contributed by atoms with Crippen LogP contribution in [0, 0.1) is 23.0 Å². The molecule has 114 valence electrons. The number of amides is 1. The number of non-ortho nitro benzene ring substituents is 1. The SMILES string of the molecule is Cc1cc(C(=O)N2CCC[C@H]([C@H](C)N)C2)cc([N+](=O)[O-])c1. The van der Waals surface area contributed by atoms with Crippen LogP contribution >= 0.6 is 0 Å². The van der Waals surface area contributed by atoms with Crippen molar-refractivity contribution in [1.82, 2.24) is 4.90 Å². The second-order valence-electron chi connectivity index (χ2n) is 5.83. The van der Waals surface area contributed by atoms with Gasteiger partial charge in [0.15, 0.2) is 0 Å². The van der Waals surface area contributed by atoms with Gasteiger partial charge in [0.2, 0.25) is 0 Å². The molecule has 0 spiro atoms. The van der Waals surface area contributed by atoms with Crippen LogP contribution in [-0.2, 0) is 0 Å². The number of nitrogens with zero attached hydrogens (tertiary/aromatic N) is 2. The van der Waals surface area contributed by atoms with Crippen LogP contribution in [0.25, 0.3) is 0 Å². The van der Waals surface area contributed by atoms with Gasteiger partial charge in [0.1, 0.15) is 0 Å². The van der Waals surface area contributed by atoms with E-state index in [-0.39, 0.29) is 17.6 Å². The molecule has 1 saturated heterocycles. The van der Waals surface area contributed by atoms with E-state index >= 15 is 0 Å². The van der Waals surface area contributed by atoms with Crippen LogP contribution in [0.3, 0.4) is 0 Å². The zero-order valence-corrected chi connectivity index (χ0v) is 12.4. The molecule has 0 radical (unpaired) electrons. The summed E-state index contributed by atoms with van der Waals surface area (Å²) >= 11 is 0. The Bertz CT molecular complexity index is 557. The van der Waals surface area contributed by atoms with Gasteiger partial charge >= 0.3 is 0 Å². The first-order valence-corrected chi connectivity index (χ1v) is 7.19. The Morgan fingerprint density at radius 3 is 2.81 bits per heavy atom. The van der Waals surface area contributed by atoms with Crippen molar-refractivity contribution in [3.8, 4) is 0 Å². The third-order valence-electron chi connectivity index (χ3n) is 4.01. The minimum Gasteiger partial charge on any atom is -0.338 e. The van der Waals surface area contributed by atoms with E-state index in [2.05, 4.69) is 0 Å². The quantitative estimate of drug-likeness (QED) is 0.682. The normalized spacial score (nSPS) is 20.1. The molecule has 2 rings (SSSR count). The second kappa shape index (κ2) is 6.22. The predicted molar refractivity (Wildman–Crippen MR) is 80.1 cm³/mol. The van der Waals surface area contributed by atoms with E-state index in [1.807, 2.05) is 6.92 Å². The number of nitro benzene ring substituents is 1. The van der Waals surface area contributed by atoms with Crippen LogP contribution in [0.2, 0.25) is 0 Å². The van der Waals surface area contributed by atoms with Gasteiger partial charge in [-0.1, -0.05) is 0 Å². The van der Waals surface area contributed by atoms with Gasteiger partial charge in [0, 0.05) is 36.8 Å². The number of piperidine rings is 1. The number of aryl methyl sites for hydroxylation is 1. The fourth-order valence-electron chi connectivity index (χ4n) is 2.80. The number of hydrogen-bond acceptors (Lipinski definition) is 4. The van der Waals surface area contributed by atoms with Gasteiger partial charge in [0.05, 0.1) is 4.92 Å². The summed E-state index contributed by atoms with van der Waals surface area (Å²) in [6, 6.07) is 4.57. The van der Waals surface area contributed by atoms with Crippen LogP contribution < -0.4 is 5.73 Å². The van der Waals surface area contributed by atoms with Crippen molar-refractivity contribution in [2.45, 2.75) is 32.7 Å². The minimum atomic E-state index is -0.468. The highest BCUT2D eigenvalue weighted by molar-refractivity contribution is 5.95. The summed E-state index contributed by atoms with van der Waals surface area (Å²) in [4.78, 5) is 24.8. The molecule has 0 aromatic heterocycles. The van der Waals surface area contributed by atoms with Crippen LogP contribution in [0.5, 0.6) is 0 Å². The standard InChI is InChI=1S/C15H21N3O3/c1-10-6-13(8-14(7-10)18(20)21)15(19)17-5-3-4-12(9-17)11(2)16/h6-8,11-12H,3-5,9,16H2,1-2H3/t11-,12-/m0/s1. The lowest BCUT2D eigenvalue weighted by Crippen LogP contribution is -2.45. The lowest BCUT2D eigenvalue weighted by Gasteiger charge is -2.34. The first kappa shape index (κ1) is 15.4. The van der Waals surface area contributed by atoms with Crippen molar-refractivity contribution in [1.29, 1.82) is 0 Å². The molecule has 1 aromatic carbocycles. The predicted octanol–water partition coefficient (Wildman–Crippen LogP) is 2.10. The maximum atomic E-state index is 12.6. The molecule has 6 nitrogen and oxygen atoms in total. The van der Waals surface area contributed by atoms with Crippen molar-refractivity contribution < 1.29 is 9.72 Å². The van der Waals surface area contributed by atoms with Gasteiger partial charge < -0.3 is 10.6 Å². The maximum Gasteiger partial charge on any atom is 0.270 e. The number of rotatable bonds is 3. The lowest BCUT2D eigenvalue weighted by molar-refractivity contribution is -0.384. The molecule has 1 amide bonds. The second-order valence-corrected chi connectivity index (χ2v) is 5.83. The summed E-state index contributed by atoms with van der Waals surface area (Å²) in [6.45, 7) is 5.02. The van der Waals surface area contributed by atoms with Crippen LogP contribution in [-0.4, -0.2) is 34.9 Å². The van der Waals surface area contributed by atoms with Crippen LogP contribution in [0.15, 0.2) is 18.2 Å². The van der Waals surface area contributed by atoms with Crippen molar-refractivity contribution >= 4 is 11.6 Å². The molecule has 0 aliphatic carbocycles. The Morgan fingerprint density at radius 2 is 2.19 bits per heavy atom. The van der Waals surface area contributed by atoms with Crippen LogP contribution in [0.4, 0.5) is 5.69 Å². The first-order valence-electron chi connectivity index (χ1n) is 7.19. The lowest BCUT2D eigenvalue weighted by atomic mass is 9.92. The monoisotopic (exact) mass is 291 g/mol. The Hall–Kier alpha value is -1.95. The Labute approximate surface area is 124 Å². The van der Waals surface area contributed by atoms with E-state index in [4.69, 9.17) is 5.73 Å². The average molecular weight is 291 g/mol. The zero-order valence-electron chi connectivity index (χ0n) is 12.4. The van der Waals surface area contributed by atoms with Crippen molar-refractivity contribution in [2.24, 2.45) is 11.7 Å². The average Bonchev–Trinajstić information content (AvgIpc) is 2.45. The summed E-state index contributed by atoms with van der Waals surface area (Å²) in [5.41, 5.74) is 6.98. The van der Waals surface area contributed by atoms with E-state index in [1.165, 1.54) is 12.1 Å². The Kier molecular flexibility index (Phi) is 4.57. The fraction of sp³-hybridized carbons (Fsp3) is 0.533. The van der Waals surface area contributed by atoms with Gasteiger partial charge in [-0.2, -0.15) is 0 Å². The summed E-state index contributed by atoms with van der Waals surface area (Å²) < 4.78 is 0. The highest BCUT2D eigenvalue weighted by Crippen LogP contribution is 2.23. The zero-order chi connectivity index (χ0) is 15.6. The van der Waals surface area contributed by atoms with E-state index in [0.29, 0.717) is 30.1 Å². The summed E-state index contributed by atoms with van der Waals surface area (Å²) in [7, 11) is 0. The van der Waals surface area contributed by atoms with Gasteiger partial charge in [-0.25, -0.2) is 0 Å². The Balaban J connectivity index is 2.21. The van der Waals surface area contributed by atoms with Gasteiger partial charge in [-0.15, -0.1) is 0 Å². The number of nitrogens with two attached hydrogens (primary N) is 1. The molecule has 0 unspecified atom stereocenters. The summed E-state index contributed by atoms with van der Waals surface area (Å²) in [5.74, 6) is 0.148. The number of carbonyl (C=O) groups excluding carboxylic acids is 1. The molecule has 1 fully saturated rings. The van der Waals surface area contributed by atoms with Crippen molar-refractivity contribution in [3.05, 3.63) is 39.4 Å². The fourth-order valence-corrected chi connectivity index (χ4v) is 2.80. The molecule has 0 saturated carbocycles. The molecular formula is C15H21N3O3. The third-order valence-corrected chi connectivity index (χ3v) is 4.01. The molecule has 1 heterocycles. The molecular weight excluding hydrogens is 270 g/mol. The van der Waals surface area contributed by atoms with Gasteiger partial charge in [-0.3, -0.25) is 14.9 Å². The molecule has 1 aliphatic heterocycles. The smallest absolute Gasteiger partial charge is 0.270 e. The highest BCUT2D eigenvalue weighted by Gasteiger charge is 2.27. The largest absolute Gasteiger partial charge is 0.338 e. The third kappa shape index (κ3) is 3.58. The molecule has 21 heavy (non-hydrogen) atoms. The van der Waals surface area contributed by atoms with E-state index in [0.717, 1.165) is 12.8 Å². The topological polar surface area (TPSA) is 89.5 Å². The first-order chi connectivity index (χ1) is 9.88. The van der Waals surface area contributed by atoms with E-state index in [1.54, 1.807) is 17.9 Å². The summed E-state index contributed by atoms with van der Waals surface area (Å²) in [6.07, 6.45) is 1.95. The maximum absolute atomic E-state index is 12.6. The van der Waals surface area contributed by atoms with Gasteiger partial charge in [-0.05, 0) is 44.2 Å². The number of benzene rings is 1. The van der Waals surface area contributed by atoms with Gasteiger partial charge in [0.25, 0.3) is 11.6 Å². The molecule has 2 N–H and O–H groups in total. The van der Waals surface area contributed by atoms with Crippen LogP contribution in [0.1, 0.15) is 35.7 Å². The Morgan fingerprint density at radius 1 is 1.48 bits per heavy atom. The number of carbonyl (C=O) groups is 1. The molecule has 1 aromatic rings. The number of hydrogen-bond donors (Lipinski definition) is 1. The summed E-state index contributed by atoms with van der Waals surface area (Å²) in [5, 5.41) is 10.9. The number of likely N-dealkylation sites (tertiary alicyclic amines) is 1. The molecule has 0 bridgehead atoms.